The molecule has 1 saturated carbocycles. The van der Waals surface area contributed by atoms with Crippen LogP contribution in [0.3, 0.4) is 0 Å². The van der Waals surface area contributed by atoms with Crippen molar-refractivity contribution in [1.82, 2.24) is 15.2 Å². The van der Waals surface area contributed by atoms with Gasteiger partial charge in [0.15, 0.2) is 0 Å². The van der Waals surface area contributed by atoms with Crippen LogP contribution in [0.2, 0.25) is 10.0 Å². The summed E-state index contributed by atoms with van der Waals surface area (Å²) in [6.07, 6.45) is 7.42. The van der Waals surface area contributed by atoms with E-state index in [1.54, 1.807) is 13.3 Å². The van der Waals surface area contributed by atoms with Gasteiger partial charge in [0.25, 0.3) is 0 Å². The summed E-state index contributed by atoms with van der Waals surface area (Å²) in [5.74, 6) is 1.67. The molecular formula is C20H30Cl2N4O2. The molecule has 1 aromatic heterocycles. The highest BCUT2D eigenvalue weighted by Crippen LogP contribution is 2.28. The predicted molar refractivity (Wildman–Crippen MR) is 113 cm³/mol. The molecule has 6 nitrogen and oxygen atoms in total. The maximum atomic E-state index is 11.6. The van der Waals surface area contributed by atoms with Crippen LogP contribution in [-0.2, 0) is 9.53 Å². The Kier molecular flexibility index (Phi) is 8.21. The first-order valence-electron chi connectivity index (χ1n) is 10.1. The van der Waals surface area contributed by atoms with E-state index >= 15 is 0 Å². The summed E-state index contributed by atoms with van der Waals surface area (Å²) >= 11 is 12.1. The van der Waals surface area contributed by atoms with Crippen LogP contribution in [0.4, 0.5) is 5.82 Å². The van der Waals surface area contributed by atoms with Gasteiger partial charge < -0.3 is 15.0 Å². The van der Waals surface area contributed by atoms with Gasteiger partial charge in [-0.2, -0.15) is 0 Å². The summed E-state index contributed by atoms with van der Waals surface area (Å²) in [4.78, 5) is 20.8. The SMILES string of the molecule is COCC(=O)NC1CCC(CCN2CCN(c3cc(Cl)c(Cl)cn3)CC2)CC1. The maximum Gasteiger partial charge on any atom is 0.246 e. The molecule has 28 heavy (non-hydrogen) atoms. The lowest BCUT2D eigenvalue weighted by molar-refractivity contribution is -0.125. The van der Waals surface area contributed by atoms with Gasteiger partial charge in [-0.3, -0.25) is 9.69 Å². The summed E-state index contributed by atoms with van der Waals surface area (Å²) in [5.41, 5.74) is 0. The predicted octanol–water partition coefficient (Wildman–Crippen LogP) is 3.22. The number of anilines is 1. The molecule has 2 heterocycles. The number of carbonyl (C=O) groups is 1. The van der Waals surface area contributed by atoms with Gasteiger partial charge in [-0.15, -0.1) is 0 Å². The van der Waals surface area contributed by atoms with E-state index in [1.165, 1.54) is 19.3 Å². The van der Waals surface area contributed by atoms with E-state index in [0.717, 1.165) is 57.3 Å². The first-order valence-corrected chi connectivity index (χ1v) is 10.9. The Morgan fingerprint density at radius 2 is 1.89 bits per heavy atom. The number of nitrogens with zero attached hydrogens (tertiary/aromatic N) is 3. The second-order valence-electron chi connectivity index (χ2n) is 7.79. The number of methoxy groups -OCH3 is 1. The van der Waals surface area contributed by atoms with Crippen molar-refractivity contribution in [1.29, 1.82) is 0 Å². The van der Waals surface area contributed by atoms with Crippen LogP contribution in [-0.4, -0.2) is 68.3 Å². The molecule has 1 aromatic rings. The summed E-state index contributed by atoms with van der Waals surface area (Å²) < 4.78 is 4.88. The fourth-order valence-electron chi connectivity index (χ4n) is 4.14. The van der Waals surface area contributed by atoms with Crippen molar-refractivity contribution in [2.45, 2.75) is 38.1 Å². The molecule has 1 saturated heterocycles. The normalized spacial score (nSPS) is 23.6. The van der Waals surface area contributed by atoms with Crippen LogP contribution in [0, 0.1) is 5.92 Å². The van der Waals surface area contributed by atoms with Gasteiger partial charge in [-0.25, -0.2) is 4.98 Å². The number of aromatic nitrogens is 1. The average Bonchev–Trinajstić information content (AvgIpc) is 2.70. The molecule has 2 aliphatic rings. The van der Waals surface area contributed by atoms with Crippen LogP contribution >= 0.6 is 23.2 Å². The van der Waals surface area contributed by atoms with E-state index in [1.807, 2.05) is 6.07 Å². The Hall–Kier alpha value is -1.08. The van der Waals surface area contributed by atoms with Crippen molar-refractivity contribution in [2.24, 2.45) is 5.92 Å². The highest BCUT2D eigenvalue weighted by molar-refractivity contribution is 6.42. The lowest BCUT2D eigenvalue weighted by atomic mass is 9.84. The number of pyridine rings is 1. The molecule has 2 fully saturated rings. The van der Waals surface area contributed by atoms with Crippen molar-refractivity contribution in [3.8, 4) is 0 Å². The highest BCUT2D eigenvalue weighted by atomic mass is 35.5. The first-order chi connectivity index (χ1) is 13.5. The second-order valence-corrected chi connectivity index (χ2v) is 8.61. The molecule has 1 aliphatic heterocycles. The molecule has 0 aromatic carbocycles. The molecule has 8 heteroatoms. The Labute approximate surface area is 177 Å². The van der Waals surface area contributed by atoms with Crippen molar-refractivity contribution in [3.63, 3.8) is 0 Å². The van der Waals surface area contributed by atoms with Gasteiger partial charge in [0.1, 0.15) is 12.4 Å². The minimum atomic E-state index is 0.000264. The minimum absolute atomic E-state index is 0.000264. The molecule has 0 atom stereocenters. The molecule has 0 radical (unpaired) electrons. The third-order valence-electron chi connectivity index (χ3n) is 5.83. The molecule has 156 valence electrons. The van der Waals surface area contributed by atoms with Gasteiger partial charge in [-0.1, -0.05) is 23.2 Å². The quantitative estimate of drug-likeness (QED) is 0.722. The summed E-state index contributed by atoms with van der Waals surface area (Å²) in [5, 5.41) is 4.13. The van der Waals surface area contributed by atoms with Gasteiger partial charge in [0.05, 0.1) is 10.0 Å². The van der Waals surface area contributed by atoms with Gasteiger partial charge in [-0.05, 0) is 44.6 Å². The fourth-order valence-corrected chi connectivity index (χ4v) is 4.39. The molecule has 1 amide bonds. The number of hydrogen-bond acceptors (Lipinski definition) is 5. The van der Waals surface area contributed by atoms with Crippen molar-refractivity contribution < 1.29 is 9.53 Å². The lowest BCUT2D eigenvalue weighted by Gasteiger charge is -2.36. The molecule has 0 bridgehead atoms. The number of nitrogens with one attached hydrogen (secondary N) is 1. The Balaban J connectivity index is 1.34. The molecule has 0 spiro atoms. The summed E-state index contributed by atoms with van der Waals surface area (Å²) in [6.45, 7) is 5.32. The van der Waals surface area contributed by atoms with Crippen molar-refractivity contribution >= 4 is 34.9 Å². The number of hydrogen-bond donors (Lipinski definition) is 1. The van der Waals surface area contributed by atoms with Crippen LogP contribution in [0.25, 0.3) is 0 Å². The molecular weight excluding hydrogens is 399 g/mol. The van der Waals surface area contributed by atoms with E-state index in [2.05, 4.69) is 20.1 Å². The van der Waals surface area contributed by atoms with Gasteiger partial charge in [0.2, 0.25) is 5.91 Å². The average molecular weight is 429 g/mol. The van der Waals surface area contributed by atoms with Crippen molar-refractivity contribution in [3.05, 3.63) is 22.3 Å². The fraction of sp³-hybridized carbons (Fsp3) is 0.700. The number of halogens is 2. The number of amides is 1. The molecule has 1 N–H and O–H groups in total. The number of rotatable bonds is 7. The van der Waals surface area contributed by atoms with Crippen LogP contribution in [0.15, 0.2) is 12.3 Å². The molecule has 3 rings (SSSR count). The van der Waals surface area contributed by atoms with Crippen LogP contribution < -0.4 is 10.2 Å². The maximum absolute atomic E-state index is 11.6. The van der Waals surface area contributed by atoms with Crippen LogP contribution in [0.5, 0.6) is 0 Å². The largest absolute Gasteiger partial charge is 0.375 e. The highest BCUT2D eigenvalue weighted by Gasteiger charge is 2.24. The van der Waals surface area contributed by atoms with E-state index in [4.69, 9.17) is 27.9 Å². The van der Waals surface area contributed by atoms with E-state index in [-0.39, 0.29) is 12.5 Å². The van der Waals surface area contributed by atoms with Gasteiger partial charge >= 0.3 is 0 Å². The Morgan fingerprint density at radius 1 is 1.18 bits per heavy atom. The van der Waals surface area contributed by atoms with E-state index in [9.17, 15) is 4.79 Å². The number of piperazine rings is 1. The third-order valence-corrected chi connectivity index (χ3v) is 6.54. The topological polar surface area (TPSA) is 57.7 Å². The Morgan fingerprint density at radius 3 is 2.54 bits per heavy atom. The first kappa shape index (κ1) is 21.6. The number of ether oxygens (including phenoxy) is 1. The standard InChI is InChI=1S/C20H30Cl2N4O2/c1-28-14-20(27)24-16-4-2-15(3-5-16)6-7-25-8-10-26(11-9-25)19-12-17(21)18(22)13-23-19/h12-13,15-16H,2-11,14H2,1H3,(H,24,27). The third kappa shape index (κ3) is 6.21. The zero-order valence-corrected chi connectivity index (χ0v) is 18.0. The van der Waals surface area contributed by atoms with Gasteiger partial charge in [0, 0.05) is 51.6 Å². The zero-order chi connectivity index (χ0) is 19.9. The zero-order valence-electron chi connectivity index (χ0n) is 16.5. The summed E-state index contributed by atoms with van der Waals surface area (Å²) in [6, 6.07) is 2.17. The smallest absolute Gasteiger partial charge is 0.246 e. The Bertz CT molecular complexity index is 645. The van der Waals surface area contributed by atoms with Crippen molar-refractivity contribution in [2.75, 3.05) is 51.3 Å². The second kappa shape index (κ2) is 10.6. The lowest BCUT2D eigenvalue weighted by Crippen LogP contribution is -2.47. The molecule has 0 unspecified atom stereocenters. The minimum Gasteiger partial charge on any atom is -0.375 e. The van der Waals surface area contributed by atoms with E-state index < -0.39 is 0 Å². The number of carbonyl (C=O) groups excluding carboxylic acids is 1. The van der Waals surface area contributed by atoms with E-state index in [0.29, 0.717) is 16.1 Å². The monoisotopic (exact) mass is 428 g/mol. The van der Waals surface area contributed by atoms with Crippen LogP contribution in [0.1, 0.15) is 32.1 Å². The summed E-state index contributed by atoms with van der Waals surface area (Å²) in [7, 11) is 1.55. The molecule has 1 aliphatic carbocycles.